The molecule has 3 rings (SSSR count). The molecular formula is C20H20FNO2. The van der Waals surface area contributed by atoms with Gasteiger partial charge in [0.05, 0.1) is 7.11 Å². The Morgan fingerprint density at radius 3 is 2.58 bits per heavy atom. The number of ether oxygens (including phenoxy) is 1. The quantitative estimate of drug-likeness (QED) is 0.685. The van der Waals surface area contributed by atoms with E-state index in [1.54, 1.807) is 13.2 Å². The van der Waals surface area contributed by atoms with E-state index in [0.29, 0.717) is 5.56 Å². The van der Waals surface area contributed by atoms with Gasteiger partial charge in [-0.1, -0.05) is 6.07 Å². The molecule has 0 saturated heterocycles. The van der Waals surface area contributed by atoms with E-state index < -0.39 is 0 Å². The summed E-state index contributed by atoms with van der Waals surface area (Å²) >= 11 is 0. The highest BCUT2D eigenvalue weighted by Crippen LogP contribution is 2.32. The van der Waals surface area contributed by atoms with Gasteiger partial charge in [-0.25, -0.2) is 4.39 Å². The van der Waals surface area contributed by atoms with Crippen LogP contribution in [0.2, 0.25) is 0 Å². The summed E-state index contributed by atoms with van der Waals surface area (Å²) in [6.07, 6.45) is 2.43. The van der Waals surface area contributed by atoms with E-state index in [1.807, 2.05) is 18.2 Å². The lowest BCUT2D eigenvalue weighted by molar-refractivity contribution is 0.104. The second-order valence-electron chi connectivity index (χ2n) is 6.64. The van der Waals surface area contributed by atoms with Crippen LogP contribution >= 0.6 is 0 Å². The Labute approximate surface area is 141 Å². The van der Waals surface area contributed by atoms with Crippen LogP contribution in [0.5, 0.6) is 5.75 Å². The molecule has 2 aromatic carbocycles. The summed E-state index contributed by atoms with van der Waals surface area (Å²) in [4.78, 5) is 12.5. The van der Waals surface area contributed by atoms with Gasteiger partial charge < -0.3 is 10.1 Å². The molecule has 1 N–H and O–H groups in total. The van der Waals surface area contributed by atoms with Crippen molar-refractivity contribution in [2.75, 3.05) is 7.11 Å². The number of fused-ring (bicyclic) bond motifs is 1. The van der Waals surface area contributed by atoms with Gasteiger partial charge in [-0.2, -0.15) is 0 Å². The van der Waals surface area contributed by atoms with E-state index in [2.05, 4.69) is 19.2 Å². The normalized spacial score (nSPS) is 17.1. The van der Waals surface area contributed by atoms with Gasteiger partial charge >= 0.3 is 0 Å². The molecule has 0 radical (unpaired) electrons. The van der Waals surface area contributed by atoms with Crippen LogP contribution in [0.3, 0.4) is 0 Å². The van der Waals surface area contributed by atoms with Crippen molar-refractivity contribution in [3.8, 4) is 5.75 Å². The molecule has 1 heterocycles. The number of ketones is 1. The van der Waals surface area contributed by atoms with E-state index in [9.17, 15) is 9.18 Å². The lowest BCUT2D eigenvalue weighted by Crippen LogP contribution is -2.43. The molecule has 1 aliphatic rings. The van der Waals surface area contributed by atoms with Gasteiger partial charge in [-0.3, -0.25) is 4.79 Å². The van der Waals surface area contributed by atoms with Gasteiger partial charge in [0.1, 0.15) is 11.6 Å². The molecule has 4 heteroatoms. The lowest BCUT2D eigenvalue weighted by atomic mass is 9.85. The molecule has 0 fully saturated rings. The lowest BCUT2D eigenvalue weighted by Gasteiger charge is -2.35. The zero-order chi connectivity index (χ0) is 17.3. The van der Waals surface area contributed by atoms with Crippen LogP contribution in [-0.4, -0.2) is 18.4 Å². The second-order valence-corrected chi connectivity index (χ2v) is 6.64. The van der Waals surface area contributed by atoms with Crippen LogP contribution in [0.25, 0.3) is 5.70 Å². The molecule has 0 aliphatic carbocycles. The number of rotatable bonds is 3. The molecule has 0 amide bonds. The van der Waals surface area contributed by atoms with Gasteiger partial charge in [0, 0.05) is 28.4 Å². The van der Waals surface area contributed by atoms with Crippen molar-refractivity contribution in [1.29, 1.82) is 0 Å². The number of hydrogen-bond acceptors (Lipinski definition) is 3. The van der Waals surface area contributed by atoms with Crippen LogP contribution in [0.4, 0.5) is 4.39 Å². The summed E-state index contributed by atoms with van der Waals surface area (Å²) in [6, 6.07) is 11.5. The molecule has 0 unspecified atom stereocenters. The van der Waals surface area contributed by atoms with Crippen molar-refractivity contribution in [2.24, 2.45) is 0 Å². The summed E-state index contributed by atoms with van der Waals surface area (Å²) in [5.41, 5.74) is 3.19. The van der Waals surface area contributed by atoms with Crippen LogP contribution in [-0.2, 0) is 6.42 Å². The van der Waals surface area contributed by atoms with Crippen LogP contribution in [0, 0.1) is 5.82 Å². The fourth-order valence-electron chi connectivity index (χ4n) is 2.98. The number of carbonyl (C=O) groups is 1. The van der Waals surface area contributed by atoms with Crippen LogP contribution < -0.4 is 10.1 Å². The Bertz CT molecular complexity index is 807. The molecule has 0 spiro atoms. The third kappa shape index (κ3) is 3.32. The first-order valence-corrected chi connectivity index (χ1v) is 7.85. The number of allylic oxidation sites excluding steroid dienone is 1. The largest absolute Gasteiger partial charge is 0.497 e. The minimum absolute atomic E-state index is 0.156. The van der Waals surface area contributed by atoms with Crippen molar-refractivity contribution < 1.29 is 13.9 Å². The summed E-state index contributed by atoms with van der Waals surface area (Å²) in [5.74, 6) is 0.227. The SMILES string of the molecule is COc1ccc2c(c1)C(=CC(=O)c1ccc(F)cc1)NC(C)(C)C2. The van der Waals surface area contributed by atoms with E-state index in [0.717, 1.165) is 29.0 Å². The number of benzene rings is 2. The predicted octanol–water partition coefficient (Wildman–Crippen LogP) is 3.98. The molecular weight excluding hydrogens is 305 g/mol. The maximum absolute atomic E-state index is 13.0. The first-order valence-electron chi connectivity index (χ1n) is 7.85. The maximum atomic E-state index is 13.0. The van der Waals surface area contributed by atoms with Crippen molar-refractivity contribution >= 4 is 11.5 Å². The van der Waals surface area contributed by atoms with Gasteiger partial charge in [-0.15, -0.1) is 0 Å². The molecule has 124 valence electrons. The van der Waals surface area contributed by atoms with E-state index in [1.165, 1.54) is 24.3 Å². The number of carbonyl (C=O) groups excluding carboxylic acids is 1. The zero-order valence-corrected chi connectivity index (χ0v) is 14.0. The van der Waals surface area contributed by atoms with E-state index in [-0.39, 0.29) is 17.1 Å². The maximum Gasteiger partial charge on any atom is 0.187 e. The van der Waals surface area contributed by atoms with E-state index >= 15 is 0 Å². The number of halogens is 1. The minimum Gasteiger partial charge on any atom is -0.497 e. The Morgan fingerprint density at radius 2 is 1.92 bits per heavy atom. The van der Waals surface area contributed by atoms with Crippen molar-refractivity contribution in [3.63, 3.8) is 0 Å². The highest BCUT2D eigenvalue weighted by Gasteiger charge is 2.28. The Morgan fingerprint density at radius 1 is 1.21 bits per heavy atom. The monoisotopic (exact) mass is 325 g/mol. The molecule has 0 saturated carbocycles. The molecule has 24 heavy (non-hydrogen) atoms. The third-order valence-electron chi connectivity index (χ3n) is 4.12. The first kappa shape index (κ1) is 16.2. The minimum atomic E-state index is -0.355. The summed E-state index contributed by atoms with van der Waals surface area (Å²) < 4.78 is 18.3. The first-order chi connectivity index (χ1) is 11.4. The van der Waals surface area contributed by atoms with Crippen molar-refractivity contribution in [1.82, 2.24) is 5.32 Å². The summed E-state index contributed by atoms with van der Waals surface area (Å²) in [6.45, 7) is 4.19. The second kappa shape index (κ2) is 6.11. The number of methoxy groups -OCH3 is 1. The Balaban J connectivity index is 2.03. The molecule has 3 nitrogen and oxygen atoms in total. The average molecular weight is 325 g/mol. The van der Waals surface area contributed by atoms with Crippen LogP contribution in [0.15, 0.2) is 48.5 Å². The number of nitrogens with one attached hydrogen (secondary N) is 1. The predicted molar refractivity (Wildman–Crippen MR) is 92.6 cm³/mol. The molecule has 1 aliphatic heterocycles. The molecule has 2 aromatic rings. The van der Waals surface area contributed by atoms with Gasteiger partial charge in [0.2, 0.25) is 0 Å². The molecule has 0 aromatic heterocycles. The van der Waals surface area contributed by atoms with Crippen molar-refractivity contribution in [3.05, 3.63) is 71.0 Å². The van der Waals surface area contributed by atoms with Gasteiger partial charge in [0.15, 0.2) is 5.78 Å². The standard InChI is InChI=1S/C20H20FNO2/c1-20(2)12-14-6-9-16(24-3)10-17(14)18(22-20)11-19(23)13-4-7-15(21)8-5-13/h4-11,22H,12H2,1-3H3. The smallest absolute Gasteiger partial charge is 0.187 e. The molecule has 0 atom stereocenters. The Kier molecular flexibility index (Phi) is 4.14. The highest BCUT2D eigenvalue weighted by molar-refractivity contribution is 6.08. The fourth-order valence-corrected chi connectivity index (χ4v) is 2.98. The topological polar surface area (TPSA) is 38.3 Å². The third-order valence-corrected chi connectivity index (χ3v) is 4.12. The Hall–Kier alpha value is -2.62. The van der Waals surface area contributed by atoms with Crippen LogP contribution in [0.1, 0.15) is 35.3 Å². The van der Waals surface area contributed by atoms with E-state index in [4.69, 9.17) is 4.74 Å². The molecule has 0 bridgehead atoms. The fraction of sp³-hybridized carbons (Fsp3) is 0.250. The number of hydrogen-bond donors (Lipinski definition) is 1. The summed E-state index contributed by atoms with van der Waals surface area (Å²) in [5, 5.41) is 3.42. The summed E-state index contributed by atoms with van der Waals surface area (Å²) in [7, 11) is 1.62. The average Bonchev–Trinajstić information content (AvgIpc) is 2.54. The van der Waals surface area contributed by atoms with Gasteiger partial charge in [0.25, 0.3) is 0 Å². The highest BCUT2D eigenvalue weighted by atomic mass is 19.1. The van der Waals surface area contributed by atoms with Crippen molar-refractivity contribution in [2.45, 2.75) is 25.8 Å². The van der Waals surface area contributed by atoms with Gasteiger partial charge in [-0.05, 0) is 62.2 Å². The zero-order valence-electron chi connectivity index (χ0n) is 14.0.